The topological polar surface area (TPSA) is 84.9 Å². The molecule has 4 amide bonds. The maximum absolute atomic E-state index is 14.2. The standard InChI is InChI=1S/C30H27FN2O5/c1-4-10-21-15-20(17-26(37-5-2)27(21)38-18-22-12-7-8-13-24(22)31)16-23-28(34)32-30(36)33(29(23)35)25-14-9-6-11-19(25)3/h4,6-9,11-17H,1,5,10,18H2,2-3H3,(H,32,34,36)/b23-16+. The average Bonchev–Trinajstić information content (AvgIpc) is 2.88. The molecule has 1 aliphatic heterocycles. The lowest BCUT2D eigenvalue weighted by atomic mass is 10.0. The minimum atomic E-state index is -0.814. The van der Waals surface area contributed by atoms with Crippen LogP contribution in [-0.4, -0.2) is 24.5 Å². The van der Waals surface area contributed by atoms with Crippen LogP contribution in [0.25, 0.3) is 6.08 Å². The van der Waals surface area contributed by atoms with Crippen molar-refractivity contribution in [3.05, 3.63) is 107 Å². The summed E-state index contributed by atoms with van der Waals surface area (Å²) in [7, 11) is 0. The molecule has 1 saturated heterocycles. The number of hydrogen-bond donors (Lipinski definition) is 1. The Morgan fingerprint density at radius 1 is 1.00 bits per heavy atom. The number of nitrogens with one attached hydrogen (secondary N) is 1. The number of anilines is 1. The Kier molecular flexibility index (Phi) is 8.01. The number of urea groups is 1. The maximum Gasteiger partial charge on any atom is 0.335 e. The first kappa shape index (κ1) is 26.3. The molecule has 0 spiro atoms. The van der Waals surface area contributed by atoms with Crippen LogP contribution < -0.4 is 19.7 Å². The molecule has 8 heteroatoms. The number of ether oxygens (including phenoxy) is 2. The van der Waals surface area contributed by atoms with Gasteiger partial charge >= 0.3 is 6.03 Å². The van der Waals surface area contributed by atoms with E-state index in [1.165, 1.54) is 12.1 Å². The van der Waals surface area contributed by atoms with Crippen LogP contribution in [0, 0.1) is 12.7 Å². The number of hydrogen-bond acceptors (Lipinski definition) is 5. The van der Waals surface area contributed by atoms with Gasteiger partial charge in [-0.2, -0.15) is 0 Å². The Hall–Kier alpha value is -4.72. The third-order valence-electron chi connectivity index (χ3n) is 5.92. The first-order valence-corrected chi connectivity index (χ1v) is 12.1. The minimum absolute atomic E-state index is 0.0221. The predicted molar refractivity (Wildman–Crippen MR) is 142 cm³/mol. The van der Waals surface area contributed by atoms with Gasteiger partial charge < -0.3 is 9.47 Å². The summed E-state index contributed by atoms with van der Waals surface area (Å²) in [5.74, 6) is -1.14. The zero-order chi connectivity index (χ0) is 27.2. The van der Waals surface area contributed by atoms with Crippen LogP contribution in [0.4, 0.5) is 14.9 Å². The summed E-state index contributed by atoms with van der Waals surface area (Å²) in [6.07, 6.45) is 3.47. The smallest absolute Gasteiger partial charge is 0.335 e. The molecule has 3 aromatic rings. The molecule has 1 aliphatic rings. The number of para-hydroxylation sites is 1. The highest BCUT2D eigenvalue weighted by molar-refractivity contribution is 6.39. The van der Waals surface area contributed by atoms with Gasteiger partial charge in [-0.3, -0.25) is 14.9 Å². The van der Waals surface area contributed by atoms with Gasteiger partial charge in [0.25, 0.3) is 11.8 Å². The number of imide groups is 2. The average molecular weight is 515 g/mol. The summed E-state index contributed by atoms with van der Waals surface area (Å²) < 4.78 is 26.0. The summed E-state index contributed by atoms with van der Waals surface area (Å²) >= 11 is 0. The quantitative estimate of drug-likeness (QED) is 0.231. The fourth-order valence-electron chi connectivity index (χ4n) is 4.12. The van der Waals surface area contributed by atoms with Gasteiger partial charge in [0, 0.05) is 11.1 Å². The molecule has 1 heterocycles. The highest BCUT2D eigenvalue weighted by atomic mass is 19.1. The second kappa shape index (κ2) is 11.6. The van der Waals surface area contributed by atoms with Crippen molar-refractivity contribution in [1.82, 2.24) is 5.32 Å². The summed E-state index contributed by atoms with van der Waals surface area (Å²) in [5, 5.41) is 2.24. The van der Waals surface area contributed by atoms with Crippen molar-refractivity contribution >= 4 is 29.6 Å². The lowest BCUT2D eigenvalue weighted by Crippen LogP contribution is -2.54. The van der Waals surface area contributed by atoms with E-state index in [1.54, 1.807) is 67.6 Å². The van der Waals surface area contributed by atoms with Gasteiger partial charge in [0.15, 0.2) is 11.5 Å². The van der Waals surface area contributed by atoms with Crippen LogP contribution in [0.1, 0.15) is 29.2 Å². The van der Waals surface area contributed by atoms with E-state index in [0.717, 1.165) is 4.90 Å². The first-order chi connectivity index (χ1) is 18.3. The molecule has 0 aromatic heterocycles. The molecule has 0 aliphatic carbocycles. The van der Waals surface area contributed by atoms with E-state index < -0.39 is 17.8 Å². The zero-order valence-electron chi connectivity index (χ0n) is 21.1. The van der Waals surface area contributed by atoms with Crippen molar-refractivity contribution < 1.29 is 28.2 Å². The number of carbonyl (C=O) groups is 3. The van der Waals surface area contributed by atoms with Gasteiger partial charge in [0.1, 0.15) is 18.0 Å². The monoisotopic (exact) mass is 514 g/mol. The Labute approximate surface area is 220 Å². The van der Waals surface area contributed by atoms with E-state index in [2.05, 4.69) is 11.9 Å². The second-order valence-corrected chi connectivity index (χ2v) is 8.56. The number of halogens is 1. The highest BCUT2D eigenvalue weighted by Crippen LogP contribution is 2.36. The molecule has 4 rings (SSSR count). The number of barbiturate groups is 1. The molecule has 3 aromatic carbocycles. The third kappa shape index (κ3) is 5.49. The van der Waals surface area contributed by atoms with E-state index >= 15 is 0 Å². The van der Waals surface area contributed by atoms with Crippen LogP contribution in [0.5, 0.6) is 11.5 Å². The molecule has 1 fully saturated rings. The summed E-state index contributed by atoms with van der Waals surface area (Å²) in [5.41, 5.74) is 2.42. The molecule has 7 nitrogen and oxygen atoms in total. The Bertz CT molecular complexity index is 1450. The normalized spacial score (nSPS) is 14.4. The number of aryl methyl sites for hydroxylation is 1. The van der Waals surface area contributed by atoms with Crippen molar-refractivity contribution in [1.29, 1.82) is 0 Å². The van der Waals surface area contributed by atoms with Gasteiger partial charge in [0.2, 0.25) is 0 Å². The van der Waals surface area contributed by atoms with Crippen molar-refractivity contribution in [2.24, 2.45) is 0 Å². The van der Waals surface area contributed by atoms with E-state index in [4.69, 9.17) is 9.47 Å². The van der Waals surface area contributed by atoms with Gasteiger partial charge in [-0.1, -0.05) is 42.5 Å². The SMILES string of the molecule is C=CCc1cc(/C=C2\C(=O)NC(=O)N(c3ccccc3C)C2=O)cc(OCC)c1OCc1ccccc1F. The van der Waals surface area contributed by atoms with Gasteiger partial charge in [-0.25, -0.2) is 14.1 Å². The van der Waals surface area contributed by atoms with Crippen molar-refractivity contribution in [3.63, 3.8) is 0 Å². The molecule has 0 unspecified atom stereocenters. The van der Waals surface area contributed by atoms with E-state index in [0.29, 0.717) is 52.5 Å². The van der Waals surface area contributed by atoms with Gasteiger partial charge in [-0.15, -0.1) is 6.58 Å². The van der Waals surface area contributed by atoms with Crippen LogP contribution in [-0.2, 0) is 22.6 Å². The first-order valence-electron chi connectivity index (χ1n) is 12.1. The molecule has 194 valence electrons. The Morgan fingerprint density at radius 2 is 1.74 bits per heavy atom. The Morgan fingerprint density at radius 3 is 2.45 bits per heavy atom. The largest absolute Gasteiger partial charge is 0.490 e. The molecule has 0 bridgehead atoms. The number of amides is 4. The Balaban J connectivity index is 1.74. The van der Waals surface area contributed by atoms with E-state index in [9.17, 15) is 18.8 Å². The summed E-state index contributed by atoms with van der Waals surface area (Å²) in [6, 6.07) is 15.8. The van der Waals surface area contributed by atoms with Crippen molar-refractivity contribution in [2.75, 3.05) is 11.5 Å². The van der Waals surface area contributed by atoms with Crippen molar-refractivity contribution in [2.45, 2.75) is 26.9 Å². The number of carbonyl (C=O) groups excluding carboxylic acids is 3. The fourth-order valence-corrected chi connectivity index (χ4v) is 4.12. The lowest BCUT2D eigenvalue weighted by molar-refractivity contribution is -0.122. The van der Waals surface area contributed by atoms with Crippen LogP contribution in [0.2, 0.25) is 0 Å². The second-order valence-electron chi connectivity index (χ2n) is 8.56. The number of nitrogens with zero attached hydrogens (tertiary/aromatic N) is 1. The molecule has 0 radical (unpaired) electrons. The maximum atomic E-state index is 14.2. The molecular formula is C30H27FN2O5. The summed E-state index contributed by atoms with van der Waals surface area (Å²) in [6.45, 7) is 7.67. The van der Waals surface area contributed by atoms with E-state index in [1.807, 2.05) is 6.92 Å². The molecule has 38 heavy (non-hydrogen) atoms. The molecule has 0 saturated carbocycles. The van der Waals surface area contributed by atoms with E-state index in [-0.39, 0.29) is 18.0 Å². The van der Waals surface area contributed by atoms with Crippen LogP contribution in [0.15, 0.2) is 78.9 Å². The number of benzene rings is 3. The van der Waals surface area contributed by atoms with Crippen LogP contribution in [0.3, 0.4) is 0 Å². The van der Waals surface area contributed by atoms with Crippen LogP contribution >= 0.6 is 0 Å². The van der Waals surface area contributed by atoms with Gasteiger partial charge in [0.05, 0.1) is 12.3 Å². The fraction of sp³-hybridized carbons (Fsp3) is 0.167. The molecule has 0 atom stereocenters. The third-order valence-corrected chi connectivity index (χ3v) is 5.92. The zero-order valence-corrected chi connectivity index (χ0v) is 21.1. The lowest BCUT2D eigenvalue weighted by Gasteiger charge is -2.27. The predicted octanol–water partition coefficient (Wildman–Crippen LogP) is 5.51. The molecule has 1 N–H and O–H groups in total. The number of allylic oxidation sites excluding steroid dienone is 1. The van der Waals surface area contributed by atoms with Gasteiger partial charge in [-0.05, 0) is 61.7 Å². The minimum Gasteiger partial charge on any atom is -0.490 e. The van der Waals surface area contributed by atoms with Crippen molar-refractivity contribution in [3.8, 4) is 11.5 Å². The number of rotatable bonds is 9. The highest BCUT2D eigenvalue weighted by Gasteiger charge is 2.37. The molecular weight excluding hydrogens is 487 g/mol. The summed E-state index contributed by atoms with van der Waals surface area (Å²) in [4.78, 5) is 39.6.